The van der Waals surface area contributed by atoms with Crippen LogP contribution in [0, 0.1) is 6.92 Å². The normalized spacial score (nSPS) is 10.4. The van der Waals surface area contributed by atoms with Crippen molar-refractivity contribution in [2.45, 2.75) is 6.92 Å². The molecule has 116 valence electrons. The summed E-state index contributed by atoms with van der Waals surface area (Å²) in [6, 6.07) is 8.15. The lowest BCUT2D eigenvalue weighted by molar-refractivity contribution is -0.118. The Bertz CT molecular complexity index is 719. The highest BCUT2D eigenvalue weighted by Gasteiger charge is 2.10. The zero-order valence-electron chi connectivity index (χ0n) is 11.4. The van der Waals surface area contributed by atoms with Gasteiger partial charge in [0.15, 0.2) is 6.61 Å². The van der Waals surface area contributed by atoms with Crippen LogP contribution in [-0.4, -0.2) is 12.5 Å². The van der Waals surface area contributed by atoms with E-state index >= 15 is 0 Å². The van der Waals surface area contributed by atoms with E-state index in [2.05, 4.69) is 5.32 Å². The van der Waals surface area contributed by atoms with Gasteiger partial charge >= 0.3 is 0 Å². The second-order valence-electron chi connectivity index (χ2n) is 4.50. The molecule has 2 rings (SSSR count). The van der Waals surface area contributed by atoms with E-state index in [4.69, 9.17) is 51.1 Å². The molecule has 1 amide bonds. The molecule has 0 atom stereocenters. The molecule has 22 heavy (non-hydrogen) atoms. The Labute approximate surface area is 148 Å². The van der Waals surface area contributed by atoms with Gasteiger partial charge in [-0.05, 0) is 30.7 Å². The van der Waals surface area contributed by atoms with E-state index in [9.17, 15) is 4.79 Å². The third-order valence-electron chi connectivity index (χ3n) is 2.79. The molecule has 0 spiro atoms. The zero-order chi connectivity index (χ0) is 16.3. The summed E-state index contributed by atoms with van der Waals surface area (Å²) in [4.78, 5) is 11.9. The van der Waals surface area contributed by atoms with E-state index in [-0.39, 0.29) is 23.3 Å². The summed E-state index contributed by atoms with van der Waals surface area (Å²) in [7, 11) is 0. The van der Waals surface area contributed by atoms with E-state index in [1.807, 2.05) is 13.0 Å². The van der Waals surface area contributed by atoms with Gasteiger partial charge in [0.2, 0.25) is 0 Å². The van der Waals surface area contributed by atoms with Crippen LogP contribution in [0.15, 0.2) is 30.3 Å². The van der Waals surface area contributed by atoms with Gasteiger partial charge in [0.1, 0.15) is 5.75 Å². The highest BCUT2D eigenvalue weighted by atomic mass is 35.5. The van der Waals surface area contributed by atoms with Gasteiger partial charge in [-0.3, -0.25) is 4.79 Å². The molecule has 2 aromatic carbocycles. The monoisotopic (exact) mass is 377 g/mol. The maximum Gasteiger partial charge on any atom is 0.262 e. The Morgan fingerprint density at radius 2 is 1.68 bits per heavy atom. The maximum absolute atomic E-state index is 11.9. The number of carbonyl (C=O) groups is 1. The van der Waals surface area contributed by atoms with Crippen LogP contribution in [0.1, 0.15) is 5.56 Å². The zero-order valence-corrected chi connectivity index (χ0v) is 14.4. The molecule has 0 heterocycles. The fraction of sp³-hybridized carbons (Fsp3) is 0.133. The van der Waals surface area contributed by atoms with Gasteiger partial charge in [0.25, 0.3) is 5.91 Å². The molecule has 0 saturated heterocycles. The van der Waals surface area contributed by atoms with Crippen molar-refractivity contribution in [2.75, 3.05) is 11.9 Å². The summed E-state index contributed by atoms with van der Waals surface area (Å²) in [5.41, 5.74) is 1.52. The predicted molar refractivity (Wildman–Crippen MR) is 91.8 cm³/mol. The third-order valence-corrected chi connectivity index (χ3v) is 4.21. The van der Waals surface area contributed by atoms with Gasteiger partial charge in [-0.25, -0.2) is 0 Å². The van der Waals surface area contributed by atoms with Gasteiger partial charge in [-0.2, -0.15) is 0 Å². The number of anilines is 1. The SMILES string of the molecule is Cc1ccc(NC(=O)COc2cc(Cl)c(Cl)cc2Cl)cc1Cl. The lowest BCUT2D eigenvalue weighted by atomic mass is 10.2. The van der Waals surface area contributed by atoms with E-state index < -0.39 is 0 Å². The molecule has 0 aliphatic carbocycles. The highest BCUT2D eigenvalue weighted by Crippen LogP contribution is 2.33. The van der Waals surface area contributed by atoms with Crippen molar-refractivity contribution in [3.63, 3.8) is 0 Å². The van der Waals surface area contributed by atoms with Crippen LogP contribution in [0.4, 0.5) is 5.69 Å². The number of rotatable bonds is 4. The molecule has 7 heteroatoms. The summed E-state index contributed by atoms with van der Waals surface area (Å²) in [5, 5.41) is 4.14. The van der Waals surface area contributed by atoms with Gasteiger partial charge < -0.3 is 10.1 Å². The van der Waals surface area contributed by atoms with Crippen LogP contribution >= 0.6 is 46.4 Å². The molecule has 0 saturated carbocycles. The summed E-state index contributed by atoms with van der Waals surface area (Å²) in [5.74, 6) is -0.0600. The van der Waals surface area contributed by atoms with Crippen LogP contribution in [0.2, 0.25) is 20.1 Å². The summed E-state index contributed by atoms with van der Waals surface area (Å²) < 4.78 is 5.34. The average molecular weight is 379 g/mol. The molecule has 1 N–H and O–H groups in total. The predicted octanol–water partition coefficient (Wildman–Crippen LogP) is 5.63. The minimum atomic E-state index is -0.345. The van der Waals surface area contributed by atoms with E-state index in [0.717, 1.165) is 5.56 Å². The molecule has 0 fully saturated rings. The lowest BCUT2D eigenvalue weighted by Crippen LogP contribution is -2.20. The fourth-order valence-electron chi connectivity index (χ4n) is 1.63. The quantitative estimate of drug-likeness (QED) is 0.700. The largest absolute Gasteiger partial charge is 0.482 e. The van der Waals surface area contributed by atoms with E-state index in [0.29, 0.717) is 20.8 Å². The van der Waals surface area contributed by atoms with Crippen LogP contribution < -0.4 is 10.1 Å². The summed E-state index contributed by atoms with van der Waals surface area (Å²) in [6.45, 7) is 1.66. The summed E-state index contributed by atoms with van der Waals surface area (Å²) in [6.07, 6.45) is 0. The van der Waals surface area contributed by atoms with Crippen LogP contribution in [-0.2, 0) is 4.79 Å². The number of amides is 1. The minimum absolute atomic E-state index is 0.219. The standard InChI is InChI=1S/C15H11Cl4NO2/c1-8-2-3-9(4-10(8)16)20-15(21)7-22-14-6-12(18)11(17)5-13(14)19/h2-6H,7H2,1H3,(H,20,21). The average Bonchev–Trinajstić information content (AvgIpc) is 2.45. The first-order valence-electron chi connectivity index (χ1n) is 6.20. The molecule has 0 aromatic heterocycles. The molecule has 2 aromatic rings. The van der Waals surface area contributed by atoms with Crippen molar-refractivity contribution in [3.05, 3.63) is 56.0 Å². The highest BCUT2D eigenvalue weighted by molar-refractivity contribution is 6.43. The number of carbonyl (C=O) groups excluding carboxylic acids is 1. The number of hydrogen-bond donors (Lipinski definition) is 1. The van der Waals surface area contributed by atoms with Crippen molar-refractivity contribution < 1.29 is 9.53 Å². The first kappa shape index (κ1) is 17.2. The molecule has 0 radical (unpaired) electrons. The van der Waals surface area contributed by atoms with Gasteiger partial charge in [-0.1, -0.05) is 52.5 Å². The third kappa shape index (κ3) is 4.43. The van der Waals surface area contributed by atoms with Crippen LogP contribution in [0.25, 0.3) is 0 Å². The van der Waals surface area contributed by atoms with Crippen molar-refractivity contribution in [2.24, 2.45) is 0 Å². The second kappa shape index (κ2) is 7.42. The Balaban J connectivity index is 1.98. The lowest BCUT2D eigenvalue weighted by Gasteiger charge is -2.10. The van der Waals surface area contributed by atoms with Crippen LogP contribution in [0.3, 0.4) is 0 Å². The summed E-state index contributed by atoms with van der Waals surface area (Å²) >= 11 is 23.7. The topological polar surface area (TPSA) is 38.3 Å². The van der Waals surface area contributed by atoms with Gasteiger partial charge in [0, 0.05) is 16.8 Å². The molecule has 0 aliphatic heterocycles. The number of benzene rings is 2. The van der Waals surface area contributed by atoms with Crippen molar-refractivity contribution in [1.29, 1.82) is 0 Å². The second-order valence-corrected chi connectivity index (χ2v) is 6.13. The molecule has 0 bridgehead atoms. The Morgan fingerprint density at radius 3 is 2.36 bits per heavy atom. The number of ether oxygens (including phenoxy) is 1. The molecule has 3 nitrogen and oxygen atoms in total. The van der Waals surface area contributed by atoms with Crippen molar-refractivity contribution >= 4 is 58.0 Å². The Hall–Kier alpha value is -1.13. The number of nitrogens with one attached hydrogen (secondary N) is 1. The molecule has 0 aliphatic rings. The van der Waals surface area contributed by atoms with Crippen molar-refractivity contribution in [3.8, 4) is 5.75 Å². The minimum Gasteiger partial charge on any atom is -0.482 e. The molecular weight excluding hydrogens is 368 g/mol. The van der Waals surface area contributed by atoms with Crippen molar-refractivity contribution in [1.82, 2.24) is 0 Å². The first-order valence-corrected chi connectivity index (χ1v) is 7.71. The van der Waals surface area contributed by atoms with Crippen LogP contribution in [0.5, 0.6) is 5.75 Å². The number of aryl methyl sites for hydroxylation is 1. The Kier molecular flexibility index (Phi) is 5.81. The smallest absolute Gasteiger partial charge is 0.262 e. The maximum atomic E-state index is 11.9. The van der Waals surface area contributed by atoms with E-state index in [1.165, 1.54) is 12.1 Å². The number of halogens is 4. The molecule has 0 unspecified atom stereocenters. The number of hydrogen-bond acceptors (Lipinski definition) is 2. The first-order chi connectivity index (χ1) is 10.4. The Morgan fingerprint density at radius 1 is 1.00 bits per heavy atom. The van der Waals surface area contributed by atoms with Gasteiger partial charge in [0.05, 0.1) is 15.1 Å². The fourth-order valence-corrected chi connectivity index (χ4v) is 2.40. The van der Waals surface area contributed by atoms with E-state index in [1.54, 1.807) is 12.1 Å². The van der Waals surface area contributed by atoms with Gasteiger partial charge in [-0.15, -0.1) is 0 Å². The molecular formula is C15H11Cl4NO2.